The molecule has 1 rings (SSSR count). The lowest BCUT2D eigenvalue weighted by atomic mass is 10.3. The van der Waals surface area contributed by atoms with Gasteiger partial charge in [0.1, 0.15) is 5.82 Å². The van der Waals surface area contributed by atoms with Crippen LogP contribution in [0.3, 0.4) is 0 Å². The topological polar surface area (TPSA) is 86.2 Å². The van der Waals surface area contributed by atoms with Gasteiger partial charge in [-0.05, 0) is 6.42 Å². The van der Waals surface area contributed by atoms with Crippen LogP contribution in [0, 0.1) is 0 Å². The molecule has 0 saturated carbocycles. The van der Waals surface area contributed by atoms with Crippen molar-refractivity contribution >= 4 is 0 Å². The van der Waals surface area contributed by atoms with Gasteiger partial charge in [0.25, 0.3) is 5.56 Å². The van der Waals surface area contributed by atoms with Gasteiger partial charge in [0.15, 0.2) is 0 Å². The minimum atomic E-state index is -0.379. The summed E-state index contributed by atoms with van der Waals surface area (Å²) in [4.78, 5) is 16.9. The third kappa shape index (κ3) is 2.35. The average Bonchev–Trinajstić information content (AvgIpc) is 1.99. The lowest BCUT2D eigenvalue weighted by molar-refractivity contribution is 0.287. The highest BCUT2D eigenvalue weighted by molar-refractivity contribution is 5.06. The Kier molecular flexibility index (Phi) is 2.82. The quantitative estimate of drug-likeness (QED) is 0.565. The predicted molar refractivity (Wildman–Crippen MR) is 41.9 cm³/mol. The summed E-state index contributed by atoms with van der Waals surface area (Å²) in [5.74, 6) is 0.112. The van der Waals surface area contributed by atoms with Crippen LogP contribution in [-0.4, -0.2) is 26.8 Å². The highest BCUT2D eigenvalue weighted by Gasteiger charge is 1.98. The summed E-state index contributed by atoms with van der Waals surface area (Å²) in [6.45, 7) is 0.0410. The summed E-state index contributed by atoms with van der Waals surface area (Å²) in [5, 5.41) is 17.4. The standard InChI is InChI=1S/C7H10N2O3/c10-3-1-2-5-8-6(11)4-7(12)9-5/h4,10H,1-3H2,(H2,8,9,11,12). The second-order valence-electron chi connectivity index (χ2n) is 2.38. The van der Waals surface area contributed by atoms with Crippen LogP contribution in [-0.2, 0) is 6.42 Å². The van der Waals surface area contributed by atoms with E-state index < -0.39 is 0 Å². The smallest absolute Gasteiger partial charge is 0.254 e. The first-order valence-corrected chi connectivity index (χ1v) is 3.62. The molecule has 0 fully saturated rings. The molecule has 5 nitrogen and oxygen atoms in total. The van der Waals surface area contributed by atoms with Crippen LogP contribution >= 0.6 is 0 Å². The number of aryl methyl sites for hydroxylation is 1. The van der Waals surface area contributed by atoms with Crippen molar-refractivity contribution in [2.75, 3.05) is 6.61 Å². The van der Waals surface area contributed by atoms with E-state index in [0.29, 0.717) is 18.7 Å². The lowest BCUT2D eigenvalue weighted by Crippen LogP contribution is -2.09. The first kappa shape index (κ1) is 8.73. The highest BCUT2D eigenvalue weighted by Crippen LogP contribution is 1.99. The first-order chi connectivity index (χ1) is 5.72. The summed E-state index contributed by atoms with van der Waals surface area (Å²) in [5.41, 5.74) is -0.379. The van der Waals surface area contributed by atoms with Crippen LogP contribution in [0.25, 0.3) is 0 Å². The van der Waals surface area contributed by atoms with Crippen molar-refractivity contribution in [2.45, 2.75) is 12.8 Å². The number of aromatic hydroxyl groups is 1. The van der Waals surface area contributed by atoms with E-state index in [1.807, 2.05) is 0 Å². The zero-order chi connectivity index (χ0) is 8.97. The second-order valence-corrected chi connectivity index (χ2v) is 2.38. The molecule has 0 radical (unpaired) electrons. The summed E-state index contributed by atoms with van der Waals surface area (Å²) in [6.07, 6.45) is 0.979. The summed E-state index contributed by atoms with van der Waals surface area (Å²) in [6, 6.07) is 1.00. The SMILES string of the molecule is O=c1cc(O)nc(CCCO)[nH]1. The largest absolute Gasteiger partial charge is 0.493 e. The molecule has 0 amide bonds. The van der Waals surface area contributed by atoms with Gasteiger partial charge in [0.2, 0.25) is 5.88 Å². The molecule has 0 aliphatic heterocycles. The number of rotatable bonds is 3. The van der Waals surface area contributed by atoms with Gasteiger partial charge in [0.05, 0.1) is 6.07 Å². The van der Waals surface area contributed by atoms with E-state index in [0.717, 1.165) is 6.07 Å². The van der Waals surface area contributed by atoms with Crippen LogP contribution in [0.5, 0.6) is 5.88 Å². The number of aliphatic hydroxyl groups is 1. The Bertz CT molecular complexity index is 308. The molecule has 0 atom stereocenters. The Morgan fingerprint density at radius 3 is 2.92 bits per heavy atom. The molecule has 0 spiro atoms. The normalized spacial score (nSPS) is 10.1. The lowest BCUT2D eigenvalue weighted by Gasteiger charge is -1.97. The minimum Gasteiger partial charge on any atom is -0.493 e. The minimum absolute atomic E-state index is 0.0410. The van der Waals surface area contributed by atoms with Crippen LogP contribution < -0.4 is 5.56 Å². The van der Waals surface area contributed by atoms with Gasteiger partial charge < -0.3 is 15.2 Å². The summed E-state index contributed by atoms with van der Waals surface area (Å²) >= 11 is 0. The molecule has 1 aromatic heterocycles. The van der Waals surface area contributed by atoms with Gasteiger partial charge >= 0.3 is 0 Å². The van der Waals surface area contributed by atoms with Crippen molar-refractivity contribution < 1.29 is 10.2 Å². The third-order valence-corrected chi connectivity index (χ3v) is 1.35. The highest BCUT2D eigenvalue weighted by atomic mass is 16.3. The Morgan fingerprint density at radius 1 is 1.58 bits per heavy atom. The van der Waals surface area contributed by atoms with Crippen molar-refractivity contribution in [3.8, 4) is 5.88 Å². The van der Waals surface area contributed by atoms with Crippen molar-refractivity contribution in [1.82, 2.24) is 9.97 Å². The zero-order valence-corrected chi connectivity index (χ0v) is 6.45. The van der Waals surface area contributed by atoms with Gasteiger partial charge in [-0.3, -0.25) is 4.79 Å². The first-order valence-electron chi connectivity index (χ1n) is 3.62. The van der Waals surface area contributed by atoms with E-state index in [1.165, 1.54) is 0 Å². The fraction of sp³-hybridized carbons (Fsp3) is 0.429. The van der Waals surface area contributed by atoms with E-state index in [2.05, 4.69) is 9.97 Å². The average molecular weight is 170 g/mol. The van der Waals surface area contributed by atoms with E-state index in [4.69, 9.17) is 10.2 Å². The Hall–Kier alpha value is -1.36. The molecule has 0 saturated heterocycles. The monoisotopic (exact) mass is 170 g/mol. The number of nitrogens with zero attached hydrogens (tertiary/aromatic N) is 1. The van der Waals surface area contributed by atoms with Crippen LogP contribution in [0.15, 0.2) is 10.9 Å². The van der Waals surface area contributed by atoms with E-state index in [-0.39, 0.29) is 18.0 Å². The van der Waals surface area contributed by atoms with Crippen molar-refractivity contribution in [3.63, 3.8) is 0 Å². The molecule has 1 aromatic rings. The molecule has 0 aliphatic rings. The summed E-state index contributed by atoms with van der Waals surface area (Å²) in [7, 11) is 0. The van der Waals surface area contributed by atoms with E-state index in [1.54, 1.807) is 0 Å². The van der Waals surface area contributed by atoms with Crippen LogP contribution in [0.4, 0.5) is 0 Å². The van der Waals surface area contributed by atoms with Crippen molar-refractivity contribution in [3.05, 3.63) is 22.2 Å². The second kappa shape index (κ2) is 3.87. The van der Waals surface area contributed by atoms with Crippen LogP contribution in [0.2, 0.25) is 0 Å². The molecule has 0 aromatic carbocycles. The van der Waals surface area contributed by atoms with Crippen molar-refractivity contribution in [1.29, 1.82) is 0 Å². The Balaban J connectivity index is 2.79. The molecule has 0 aliphatic carbocycles. The third-order valence-electron chi connectivity index (χ3n) is 1.35. The van der Waals surface area contributed by atoms with Crippen molar-refractivity contribution in [2.24, 2.45) is 0 Å². The van der Waals surface area contributed by atoms with Crippen LogP contribution in [0.1, 0.15) is 12.2 Å². The van der Waals surface area contributed by atoms with E-state index in [9.17, 15) is 4.79 Å². The predicted octanol–water partition coefficient (Wildman–Crippen LogP) is -0.600. The number of aromatic nitrogens is 2. The zero-order valence-electron chi connectivity index (χ0n) is 6.45. The molecule has 0 unspecified atom stereocenters. The maximum atomic E-state index is 10.8. The van der Waals surface area contributed by atoms with Gasteiger partial charge in [0, 0.05) is 13.0 Å². The molecule has 1 heterocycles. The summed E-state index contributed by atoms with van der Waals surface area (Å²) < 4.78 is 0. The maximum Gasteiger partial charge on any atom is 0.254 e. The molecule has 5 heteroatoms. The van der Waals surface area contributed by atoms with E-state index >= 15 is 0 Å². The van der Waals surface area contributed by atoms with Gasteiger partial charge in [-0.15, -0.1) is 0 Å². The number of H-pyrrole nitrogens is 1. The maximum absolute atomic E-state index is 10.8. The molecule has 3 N–H and O–H groups in total. The molecule has 12 heavy (non-hydrogen) atoms. The Labute approximate surface area is 68.7 Å². The molecular weight excluding hydrogens is 160 g/mol. The molecule has 66 valence electrons. The number of hydrogen-bond donors (Lipinski definition) is 3. The number of aliphatic hydroxyl groups excluding tert-OH is 1. The molecular formula is C7H10N2O3. The Morgan fingerprint density at radius 2 is 2.33 bits per heavy atom. The fourth-order valence-corrected chi connectivity index (χ4v) is 0.859. The molecule has 0 bridgehead atoms. The number of hydrogen-bond acceptors (Lipinski definition) is 4. The fourth-order valence-electron chi connectivity index (χ4n) is 0.859. The number of aromatic amines is 1. The van der Waals surface area contributed by atoms with Gasteiger partial charge in [-0.1, -0.05) is 0 Å². The number of nitrogens with one attached hydrogen (secondary N) is 1. The van der Waals surface area contributed by atoms with Gasteiger partial charge in [-0.25, -0.2) is 4.98 Å². The van der Waals surface area contributed by atoms with Gasteiger partial charge in [-0.2, -0.15) is 0 Å².